The van der Waals surface area contributed by atoms with Gasteiger partial charge in [-0.25, -0.2) is 0 Å². The van der Waals surface area contributed by atoms with Crippen LogP contribution in [0.5, 0.6) is 0 Å². The van der Waals surface area contributed by atoms with Crippen LogP contribution < -0.4 is 0 Å². The minimum atomic E-state index is -0.376. The first kappa shape index (κ1) is 12.1. The van der Waals surface area contributed by atoms with Gasteiger partial charge in [0.15, 0.2) is 0 Å². The molecule has 1 aliphatic heterocycles. The average Bonchev–Trinajstić information content (AvgIpc) is 2.83. The van der Waals surface area contributed by atoms with Gasteiger partial charge in [-0.2, -0.15) is 5.10 Å². The third-order valence-corrected chi connectivity index (χ3v) is 3.21. The molecule has 0 aliphatic carbocycles. The predicted molar refractivity (Wildman–Crippen MR) is 63.9 cm³/mol. The molecule has 0 aromatic carbocycles. The Balaban J connectivity index is 2.20. The van der Waals surface area contributed by atoms with E-state index >= 15 is 0 Å². The zero-order chi connectivity index (χ0) is 12.6. The van der Waals surface area contributed by atoms with Gasteiger partial charge in [0.2, 0.25) is 0 Å². The predicted octanol–water partition coefficient (Wildman–Crippen LogP) is 0.979. The van der Waals surface area contributed by atoms with E-state index in [9.17, 15) is 9.90 Å². The van der Waals surface area contributed by atoms with Gasteiger partial charge in [-0.3, -0.25) is 9.48 Å². The lowest BCUT2D eigenvalue weighted by atomic mass is 10.2. The monoisotopic (exact) mass is 237 g/mol. The zero-order valence-corrected chi connectivity index (χ0v) is 10.6. The molecule has 94 valence electrons. The number of hydrogen-bond acceptors (Lipinski definition) is 3. The Kier molecular flexibility index (Phi) is 3.19. The Morgan fingerprint density at radius 2 is 2.29 bits per heavy atom. The normalized spacial score (nSPS) is 20.3. The summed E-state index contributed by atoms with van der Waals surface area (Å²) >= 11 is 0. The molecule has 1 N–H and O–H groups in total. The van der Waals surface area contributed by atoms with Crippen molar-refractivity contribution in [2.45, 2.75) is 39.3 Å². The second kappa shape index (κ2) is 4.49. The number of β-amino-alcohol motifs (C(OH)–C–C–N with tert-alkyl or cyclic N) is 1. The Labute approximate surface area is 101 Å². The summed E-state index contributed by atoms with van der Waals surface area (Å²) in [6.07, 6.45) is 1.92. The largest absolute Gasteiger partial charge is 0.391 e. The maximum Gasteiger partial charge on any atom is 0.257 e. The molecule has 0 saturated carbocycles. The zero-order valence-electron chi connectivity index (χ0n) is 10.6. The molecule has 2 heterocycles. The van der Waals surface area contributed by atoms with Gasteiger partial charge in [0.05, 0.1) is 17.9 Å². The van der Waals surface area contributed by atoms with Crippen LogP contribution in [-0.2, 0) is 0 Å². The van der Waals surface area contributed by atoms with Crippen molar-refractivity contribution in [2.24, 2.45) is 0 Å². The van der Waals surface area contributed by atoms with Crippen LogP contribution in [0.3, 0.4) is 0 Å². The lowest BCUT2D eigenvalue weighted by Gasteiger charge is -2.15. The van der Waals surface area contributed by atoms with Crippen molar-refractivity contribution in [1.29, 1.82) is 0 Å². The lowest BCUT2D eigenvalue weighted by Crippen LogP contribution is -2.29. The number of carbonyl (C=O) groups is 1. The number of aromatic nitrogens is 2. The molecule has 0 spiro atoms. The molecule has 17 heavy (non-hydrogen) atoms. The summed E-state index contributed by atoms with van der Waals surface area (Å²) in [7, 11) is 0. The number of amides is 1. The molecule has 5 nitrogen and oxygen atoms in total. The number of likely N-dealkylation sites (tertiary alicyclic amines) is 1. The molecule has 1 atom stereocenters. The Morgan fingerprint density at radius 1 is 1.59 bits per heavy atom. The fourth-order valence-corrected chi connectivity index (χ4v) is 2.25. The first-order valence-corrected chi connectivity index (χ1v) is 6.02. The molecule has 1 aromatic heterocycles. The molecule has 0 unspecified atom stereocenters. The standard InChI is InChI=1S/C12H19N3O2/c1-8(2)15-9(3)11(6-13-15)12(17)14-5-4-10(16)7-14/h6,8,10,16H,4-5,7H2,1-3H3/t10-/m1/s1. The first-order chi connectivity index (χ1) is 8.00. The van der Waals surface area contributed by atoms with Crippen LogP contribution in [0.1, 0.15) is 42.4 Å². The van der Waals surface area contributed by atoms with E-state index in [0.717, 1.165) is 5.69 Å². The number of aliphatic hydroxyl groups is 1. The molecular formula is C12H19N3O2. The highest BCUT2D eigenvalue weighted by Gasteiger charge is 2.27. The van der Waals surface area contributed by atoms with Gasteiger partial charge in [0, 0.05) is 24.8 Å². The van der Waals surface area contributed by atoms with E-state index in [1.54, 1.807) is 11.1 Å². The Hall–Kier alpha value is -1.36. The fraction of sp³-hybridized carbons (Fsp3) is 0.667. The summed E-state index contributed by atoms with van der Waals surface area (Å²) in [4.78, 5) is 13.9. The molecule has 1 aliphatic rings. The molecule has 1 saturated heterocycles. The smallest absolute Gasteiger partial charge is 0.257 e. The van der Waals surface area contributed by atoms with Gasteiger partial charge in [-0.1, -0.05) is 0 Å². The minimum absolute atomic E-state index is 0.0223. The van der Waals surface area contributed by atoms with Crippen LogP contribution in [0.25, 0.3) is 0 Å². The molecule has 1 fully saturated rings. The van der Waals surface area contributed by atoms with Gasteiger partial charge in [0.1, 0.15) is 0 Å². The van der Waals surface area contributed by atoms with Crippen molar-refractivity contribution in [1.82, 2.24) is 14.7 Å². The number of carbonyl (C=O) groups excluding carboxylic acids is 1. The Bertz CT molecular complexity index is 425. The van der Waals surface area contributed by atoms with Crippen molar-refractivity contribution >= 4 is 5.91 Å². The van der Waals surface area contributed by atoms with E-state index in [1.807, 2.05) is 25.5 Å². The summed E-state index contributed by atoms with van der Waals surface area (Å²) in [5.41, 5.74) is 1.54. The van der Waals surface area contributed by atoms with Gasteiger partial charge < -0.3 is 10.0 Å². The molecule has 1 amide bonds. The first-order valence-electron chi connectivity index (χ1n) is 6.02. The van der Waals surface area contributed by atoms with Crippen molar-refractivity contribution in [2.75, 3.05) is 13.1 Å². The van der Waals surface area contributed by atoms with Crippen molar-refractivity contribution in [3.8, 4) is 0 Å². The van der Waals surface area contributed by atoms with Crippen LogP contribution in [0.4, 0.5) is 0 Å². The number of aliphatic hydroxyl groups excluding tert-OH is 1. The number of rotatable bonds is 2. The van der Waals surface area contributed by atoms with Crippen molar-refractivity contribution < 1.29 is 9.90 Å². The third kappa shape index (κ3) is 2.20. The van der Waals surface area contributed by atoms with Crippen LogP contribution in [-0.4, -0.2) is 44.9 Å². The third-order valence-electron chi connectivity index (χ3n) is 3.21. The van der Waals surface area contributed by atoms with Gasteiger partial charge in [-0.15, -0.1) is 0 Å². The number of hydrogen-bond donors (Lipinski definition) is 1. The molecule has 0 radical (unpaired) electrons. The van der Waals surface area contributed by atoms with Gasteiger partial charge in [-0.05, 0) is 27.2 Å². The summed E-state index contributed by atoms with van der Waals surface area (Å²) in [5, 5.41) is 13.7. The molecule has 2 rings (SSSR count). The highest BCUT2D eigenvalue weighted by atomic mass is 16.3. The van der Waals surface area contributed by atoms with Crippen LogP contribution >= 0.6 is 0 Å². The summed E-state index contributed by atoms with van der Waals surface area (Å²) in [6, 6.07) is 0.251. The summed E-state index contributed by atoms with van der Waals surface area (Å²) in [6.45, 7) is 7.05. The summed E-state index contributed by atoms with van der Waals surface area (Å²) < 4.78 is 1.85. The SMILES string of the molecule is Cc1c(C(=O)N2CC[C@@H](O)C2)cnn1C(C)C. The molecule has 5 heteroatoms. The van der Waals surface area contributed by atoms with Crippen molar-refractivity contribution in [3.05, 3.63) is 17.5 Å². The van der Waals surface area contributed by atoms with E-state index < -0.39 is 0 Å². The average molecular weight is 237 g/mol. The topological polar surface area (TPSA) is 58.4 Å². The second-order valence-electron chi connectivity index (χ2n) is 4.88. The molecule has 0 bridgehead atoms. The highest BCUT2D eigenvalue weighted by Crippen LogP contribution is 2.18. The maximum absolute atomic E-state index is 12.2. The van der Waals surface area contributed by atoms with E-state index in [0.29, 0.717) is 25.1 Å². The van der Waals surface area contributed by atoms with Crippen LogP contribution in [0, 0.1) is 6.92 Å². The van der Waals surface area contributed by atoms with E-state index in [4.69, 9.17) is 0 Å². The molecule has 1 aromatic rings. The number of nitrogens with zero attached hydrogens (tertiary/aromatic N) is 3. The quantitative estimate of drug-likeness (QED) is 0.834. The van der Waals surface area contributed by atoms with Gasteiger partial charge in [0.25, 0.3) is 5.91 Å². The summed E-state index contributed by atoms with van der Waals surface area (Å²) in [5.74, 6) is -0.0223. The highest BCUT2D eigenvalue weighted by molar-refractivity contribution is 5.95. The molecular weight excluding hydrogens is 218 g/mol. The van der Waals surface area contributed by atoms with E-state index in [2.05, 4.69) is 5.10 Å². The lowest BCUT2D eigenvalue weighted by molar-refractivity contribution is 0.0764. The van der Waals surface area contributed by atoms with Gasteiger partial charge >= 0.3 is 0 Å². The second-order valence-corrected chi connectivity index (χ2v) is 4.88. The Morgan fingerprint density at radius 3 is 2.76 bits per heavy atom. The maximum atomic E-state index is 12.2. The van der Waals surface area contributed by atoms with E-state index in [1.165, 1.54) is 0 Å². The van der Waals surface area contributed by atoms with Crippen LogP contribution in [0.2, 0.25) is 0 Å². The minimum Gasteiger partial charge on any atom is -0.391 e. The van der Waals surface area contributed by atoms with Crippen LogP contribution in [0.15, 0.2) is 6.20 Å². The van der Waals surface area contributed by atoms with Crippen molar-refractivity contribution in [3.63, 3.8) is 0 Å². The van der Waals surface area contributed by atoms with E-state index in [-0.39, 0.29) is 18.1 Å². The fourth-order valence-electron chi connectivity index (χ4n) is 2.25.